The van der Waals surface area contributed by atoms with Gasteiger partial charge in [0.25, 0.3) is 0 Å². The van der Waals surface area contributed by atoms with Gasteiger partial charge in [0.05, 0.1) is 12.2 Å². The van der Waals surface area contributed by atoms with Gasteiger partial charge in [-0.15, -0.1) is 0 Å². The van der Waals surface area contributed by atoms with E-state index in [0.717, 1.165) is 11.1 Å². The van der Waals surface area contributed by atoms with Crippen molar-refractivity contribution in [2.45, 2.75) is 13.0 Å². The van der Waals surface area contributed by atoms with Gasteiger partial charge < -0.3 is 5.32 Å². The van der Waals surface area contributed by atoms with Crippen LogP contribution in [0.2, 0.25) is 0 Å². The zero-order chi connectivity index (χ0) is 12.3. The van der Waals surface area contributed by atoms with E-state index in [2.05, 4.69) is 15.3 Å². The van der Waals surface area contributed by atoms with Crippen molar-refractivity contribution in [3.63, 3.8) is 0 Å². The molecule has 2 heterocycles. The Bertz CT molecular complexity index is 468. The van der Waals surface area contributed by atoms with Crippen molar-refractivity contribution >= 4 is 0 Å². The Morgan fingerprint density at radius 3 is 2.35 bits per heavy atom. The molecule has 0 aliphatic heterocycles. The zero-order valence-electron chi connectivity index (χ0n) is 9.81. The fourth-order valence-corrected chi connectivity index (χ4v) is 1.91. The van der Waals surface area contributed by atoms with Crippen molar-refractivity contribution in [3.8, 4) is 0 Å². The van der Waals surface area contributed by atoms with Crippen LogP contribution < -0.4 is 5.32 Å². The minimum absolute atomic E-state index is 0.180. The van der Waals surface area contributed by atoms with Gasteiger partial charge in [-0.05, 0) is 37.2 Å². The Morgan fingerprint density at radius 2 is 1.76 bits per heavy atom. The summed E-state index contributed by atoms with van der Waals surface area (Å²) in [7, 11) is 1.81. The van der Waals surface area contributed by atoms with Crippen LogP contribution in [0.5, 0.6) is 0 Å². The van der Waals surface area contributed by atoms with Crippen molar-refractivity contribution in [1.82, 2.24) is 15.3 Å². The second kappa shape index (κ2) is 5.01. The minimum atomic E-state index is -0.303. The third-order valence-electron chi connectivity index (χ3n) is 2.78. The fraction of sp³-hybridized carbons (Fsp3) is 0.231. The molecular formula is C13H14FN3. The average Bonchev–Trinajstić information content (AvgIpc) is 2.34. The molecule has 0 fully saturated rings. The van der Waals surface area contributed by atoms with Gasteiger partial charge in [0, 0.05) is 24.2 Å². The van der Waals surface area contributed by atoms with Crippen LogP contribution in [0.3, 0.4) is 0 Å². The maximum absolute atomic E-state index is 13.7. The molecule has 2 aromatic rings. The smallest absolute Gasteiger partial charge is 0.146 e. The molecule has 0 amide bonds. The summed E-state index contributed by atoms with van der Waals surface area (Å²) < 4.78 is 13.7. The fourth-order valence-electron chi connectivity index (χ4n) is 1.91. The Balaban J connectivity index is 2.48. The van der Waals surface area contributed by atoms with E-state index in [1.165, 1.54) is 6.20 Å². The molecule has 3 nitrogen and oxygen atoms in total. The first-order valence-corrected chi connectivity index (χ1v) is 5.41. The lowest BCUT2D eigenvalue weighted by Crippen LogP contribution is -2.20. The number of pyridine rings is 2. The van der Waals surface area contributed by atoms with Gasteiger partial charge in [0.15, 0.2) is 0 Å². The van der Waals surface area contributed by atoms with E-state index in [1.807, 2.05) is 20.0 Å². The minimum Gasteiger partial charge on any atom is -0.309 e. The summed E-state index contributed by atoms with van der Waals surface area (Å²) in [5.74, 6) is -0.303. The van der Waals surface area contributed by atoms with Gasteiger partial charge in [0.1, 0.15) is 5.82 Å². The first-order valence-electron chi connectivity index (χ1n) is 5.41. The molecule has 1 atom stereocenters. The van der Waals surface area contributed by atoms with Crippen LogP contribution in [0.1, 0.15) is 22.7 Å². The molecule has 0 aliphatic rings. The molecule has 0 bridgehead atoms. The Morgan fingerprint density at radius 1 is 1.12 bits per heavy atom. The molecule has 17 heavy (non-hydrogen) atoms. The maximum atomic E-state index is 13.7. The first-order chi connectivity index (χ1) is 8.24. The third-order valence-corrected chi connectivity index (χ3v) is 2.78. The highest BCUT2D eigenvalue weighted by Crippen LogP contribution is 2.25. The van der Waals surface area contributed by atoms with Crippen molar-refractivity contribution < 1.29 is 4.39 Å². The van der Waals surface area contributed by atoms with Gasteiger partial charge in [-0.3, -0.25) is 9.97 Å². The Hall–Kier alpha value is -1.81. The number of aryl methyl sites for hydroxylation is 1. The van der Waals surface area contributed by atoms with E-state index in [0.29, 0.717) is 5.56 Å². The topological polar surface area (TPSA) is 37.8 Å². The van der Waals surface area contributed by atoms with Crippen LogP contribution in [0.15, 0.2) is 36.9 Å². The van der Waals surface area contributed by atoms with Gasteiger partial charge in [-0.2, -0.15) is 0 Å². The highest BCUT2D eigenvalue weighted by molar-refractivity contribution is 5.34. The maximum Gasteiger partial charge on any atom is 0.146 e. The van der Waals surface area contributed by atoms with Crippen molar-refractivity contribution in [1.29, 1.82) is 0 Å². The first kappa shape index (κ1) is 11.7. The molecule has 0 radical (unpaired) electrons. The summed E-state index contributed by atoms with van der Waals surface area (Å²) in [6.07, 6.45) is 6.32. The number of halogens is 1. The number of nitrogens with one attached hydrogen (secondary N) is 1. The van der Waals surface area contributed by atoms with E-state index in [-0.39, 0.29) is 11.9 Å². The molecule has 0 spiro atoms. The highest BCUT2D eigenvalue weighted by Gasteiger charge is 2.17. The zero-order valence-corrected chi connectivity index (χ0v) is 9.81. The largest absolute Gasteiger partial charge is 0.309 e. The second-order valence-corrected chi connectivity index (χ2v) is 3.85. The predicted octanol–water partition coefficient (Wildman–Crippen LogP) is 2.23. The molecule has 1 unspecified atom stereocenters. The number of aromatic nitrogens is 2. The lowest BCUT2D eigenvalue weighted by molar-refractivity contribution is 0.569. The summed E-state index contributed by atoms with van der Waals surface area (Å²) >= 11 is 0. The lowest BCUT2D eigenvalue weighted by atomic mass is 9.97. The monoisotopic (exact) mass is 231 g/mol. The second-order valence-electron chi connectivity index (χ2n) is 3.85. The number of rotatable bonds is 3. The molecule has 4 heteroatoms. The van der Waals surface area contributed by atoms with E-state index in [4.69, 9.17) is 0 Å². The molecule has 0 saturated heterocycles. The van der Waals surface area contributed by atoms with Crippen LogP contribution in [-0.4, -0.2) is 17.0 Å². The van der Waals surface area contributed by atoms with Crippen LogP contribution in [-0.2, 0) is 0 Å². The summed E-state index contributed by atoms with van der Waals surface area (Å²) in [6.45, 7) is 1.96. The number of nitrogens with zero attached hydrogens (tertiary/aromatic N) is 2. The molecule has 0 saturated carbocycles. The van der Waals surface area contributed by atoms with Gasteiger partial charge in [0.2, 0.25) is 0 Å². The number of hydrogen-bond donors (Lipinski definition) is 1. The molecular weight excluding hydrogens is 217 g/mol. The van der Waals surface area contributed by atoms with Crippen LogP contribution in [0.25, 0.3) is 0 Å². The van der Waals surface area contributed by atoms with Crippen molar-refractivity contribution in [2.24, 2.45) is 0 Å². The van der Waals surface area contributed by atoms with Crippen molar-refractivity contribution in [2.75, 3.05) is 7.05 Å². The van der Waals surface area contributed by atoms with Crippen LogP contribution >= 0.6 is 0 Å². The van der Waals surface area contributed by atoms with E-state index in [1.54, 1.807) is 24.7 Å². The molecule has 0 aliphatic carbocycles. The summed E-state index contributed by atoms with van der Waals surface area (Å²) in [6, 6.07) is 3.41. The molecule has 1 N–H and O–H groups in total. The van der Waals surface area contributed by atoms with E-state index < -0.39 is 0 Å². The van der Waals surface area contributed by atoms with Crippen molar-refractivity contribution in [3.05, 3.63) is 59.4 Å². The van der Waals surface area contributed by atoms with Crippen LogP contribution in [0.4, 0.5) is 4.39 Å². The predicted molar refractivity (Wildman–Crippen MR) is 64.1 cm³/mol. The summed E-state index contributed by atoms with van der Waals surface area (Å²) in [5, 5.41) is 3.12. The number of hydrogen-bond acceptors (Lipinski definition) is 3. The molecule has 0 aromatic carbocycles. The van der Waals surface area contributed by atoms with Gasteiger partial charge in [-0.1, -0.05) is 0 Å². The van der Waals surface area contributed by atoms with Gasteiger partial charge in [-0.25, -0.2) is 4.39 Å². The lowest BCUT2D eigenvalue weighted by Gasteiger charge is -2.19. The summed E-state index contributed by atoms with van der Waals surface area (Å²) in [4.78, 5) is 7.81. The van der Waals surface area contributed by atoms with Gasteiger partial charge >= 0.3 is 0 Å². The third kappa shape index (κ3) is 2.31. The molecule has 2 rings (SSSR count). The van der Waals surface area contributed by atoms with Crippen LogP contribution in [0, 0.1) is 12.7 Å². The Kier molecular flexibility index (Phi) is 3.44. The molecule has 88 valence electrons. The highest BCUT2D eigenvalue weighted by atomic mass is 19.1. The Labute approximate surface area is 99.7 Å². The average molecular weight is 231 g/mol. The van der Waals surface area contributed by atoms with E-state index >= 15 is 0 Å². The summed E-state index contributed by atoms with van der Waals surface area (Å²) in [5.41, 5.74) is 2.65. The quantitative estimate of drug-likeness (QED) is 0.880. The standard InChI is InChI=1S/C13H14FN3/c1-9-7-16-5-3-10(9)13(15-2)11-4-6-17-8-12(11)14/h3-8,13,15H,1-2H3. The normalized spacial score (nSPS) is 12.4. The molecule has 2 aromatic heterocycles. The van der Waals surface area contributed by atoms with E-state index in [9.17, 15) is 4.39 Å². The SMILES string of the molecule is CNC(c1ccncc1C)c1ccncc1F.